The smallest absolute Gasteiger partial charge is 0.0496 e. The second-order valence-corrected chi connectivity index (χ2v) is 10.5. The first-order valence-corrected chi connectivity index (χ1v) is 11.4. The van der Waals surface area contributed by atoms with Gasteiger partial charge in [0.05, 0.1) is 0 Å². The molecule has 25 heavy (non-hydrogen) atoms. The van der Waals surface area contributed by atoms with Crippen LogP contribution in [0.25, 0.3) is 0 Å². The maximum atomic E-state index is 5.73. The van der Waals surface area contributed by atoms with Gasteiger partial charge in [-0.1, -0.05) is 20.8 Å². The van der Waals surface area contributed by atoms with Crippen molar-refractivity contribution in [3.63, 3.8) is 0 Å². The van der Waals surface area contributed by atoms with Gasteiger partial charge in [0.2, 0.25) is 0 Å². The lowest BCUT2D eigenvalue weighted by Crippen LogP contribution is -2.59. The molecule has 2 spiro atoms. The molecule has 2 aliphatic carbocycles. The molecule has 0 aromatic heterocycles. The van der Waals surface area contributed by atoms with E-state index in [4.69, 9.17) is 4.74 Å². The molecule has 0 amide bonds. The molecule has 2 nitrogen and oxygen atoms in total. The number of hydrogen-bond acceptors (Lipinski definition) is 2. The van der Waals surface area contributed by atoms with Crippen LogP contribution in [0.1, 0.15) is 85.0 Å². The number of piperidine rings is 1. The van der Waals surface area contributed by atoms with E-state index >= 15 is 0 Å². The van der Waals surface area contributed by atoms with Crippen molar-refractivity contribution >= 4 is 0 Å². The van der Waals surface area contributed by atoms with Gasteiger partial charge in [-0.3, -0.25) is 0 Å². The molecule has 4 fully saturated rings. The van der Waals surface area contributed by atoms with Gasteiger partial charge >= 0.3 is 0 Å². The van der Waals surface area contributed by atoms with Gasteiger partial charge in [-0.15, -0.1) is 0 Å². The first-order valence-electron chi connectivity index (χ1n) is 11.4. The molecule has 2 aliphatic heterocycles. The van der Waals surface area contributed by atoms with Crippen molar-refractivity contribution in [3.05, 3.63) is 0 Å². The monoisotopic (exact) mass is 347 g/mol. The Hall–Kier alpha value is -0.0800. The SMILES string of the molecule is CC1CCC2(CC1)NC[C@H](C1CCC3(CCOC[C@@H]3C)CC1)C[C@@H]2C. The third-order valence-electron chi connectivity index (χ3n) is 9.33. The summed E-state index contributed by atoms with van der Waals surface area (Å²) < 4.78 is 5.73. The van der Waals surface area contributed by atoms with Crippen LogP contribution in [0.5, 0.6) is 0 Å². The van der Waals surface area contributed by atoms with Gasteiger partial charge in [-0.2, -0.15) is 0 Å². The van der Waals surface area contributed by atoms with Gasteiger partial charge < -0.3 is 10.1 Å². The lowest BCUT2D eigenvalue weighted by molar-refractivity contribution is -0.0668. The van der Waals surface area contributed by atoms with Gasteiger partial charge in [0, 0.05) is 18.8 Å². The molecule has 2 saturated heterocycles. The van der Waals surface area contributed by atoms with E-state index in [0.717, 1.165) is 42.8 Å². The molecule has 0 aromatic carbocycles. The van der Waals surface area contributed by atoms with E-state index in [9.17, 15) is 0 Å². The van der Waals surface area contributed by atoms with Crippen molar-refractivity contribution in [1.29, 1.82) is 0 Å². The molecule has 0 unspecified atom stereocenters. The van der Waals surface area contributed by atoms with Crippen LogP contribution in [0.15, 0.2) is 0 Å². The van der Waals surface area contributed by atoms with E-state index < -0.39 is 0 Å². The summed E-state index contributed by atoms with van der Waals surface area (Å²) in [5.74, 6) is 4.52. The number of ether oxygens (including phenoxy) is 1. The molecule has 4 aliphatic rings. The molecule has 144 valence electrons. The minimum Gasteiger partial charge on any atom is -0.381 e. The van der Waals surface area contributed by atoms with Gasteiger partial charge in [0.1, 0.15) is 0 Å². The summed E-state index contributed by atoms with van der Waals surface area (Å²) in [6, 6.07) is 0. The fourth-order valence-corrected chi connectivity index (χ4v) is 6.97. The molecule has 1 N–H and O–H groups in total. The van der Waals surface area contributed by atoms with Crippen LogP contribution in [-0.4, -0.2) is 25.3 Å². The average molecular weight is 348 g/mol. The Morgan fingerprint density at radius 3 is 2.16 bits per heavy atom. The van der Waals surface area contributed by atoms with Gasteiger partial charge in [0.15, 0.2) is 0 Å². The van der Waals surface area contributed by atoms with Crippen LogP contribution in [0.4, 0.5) is 0 Å². The normalized spacial score (nSPS) is 51.7. The molecular formula is C23H41NO. The van der Waals surface area contributed by atoms with E-state index in [2.05, 4.69) is 26.1 Å². The maximum absolute atomic E-state index is 5.73. The number of nitrogens with one attached hydrogen (secondary N) is 1. The molecule has 3 atom stereocenters. The minimum atomic E-state index is 0.494. The Morgan fingerprint density at radius 2 is 1.52 bits per heavy atom. The molecule has 4 rings (SSSR count). The summed E-state index contributed by atoms with van der Waals surface area (Å²) in [6.07, 6.45) is 14.4. The molecule has 2 heteroatoms. The lowest BCUT2D eigenvalue weighted by atomic mass is 9.58. The van der Waals surface area contributed by atoms with Crippen molar-refractivity contribution in [1.82, 2.24) is 5.32 Å². The van der Waals surface area contributed by atoms with Crippen molar-refractivity contribution in [2.75, 3.05) is 19.8 Å². The average Bonchev–Trinajstić information content (AvgIpc) is 2.63. The van der Waals surface area contributed by atoms with Crippen molar-refractivity contribution < 1.29 is 4.74 Å². The van der Waals surface area contributed by atoms with Crippen molar-refractivity contribution in [2.24, 2.45) is 35.0 Å². The van der Waals surface area contributed by atoms with E-state index in [0.29, 0.717) is 11.0 Å². The zero-order valence-electron chi connectivity index (χ0n) is 17.0. The summed E-state index contributed by atoms with van der Waals surface area (Å²) >= 11 is 0. The van der Waals surface area contributed by atoms with Gasteiger partial charge in [-0.25, -0.2) is 0 Å². The Morgan fingerprint density at radius 1 is 0.800 bits per heavy atom. The highest BCUT2D eigenvalue weighted by Crippen LogP contribution is 2.52. The molecule has 2 saturated carbocycles. The molecule has 0 aromatic rings. The maximum Gasteiger partial charge on any atom is 0.0496 e. The fraction of sp³-hybridized carbons (Fsp3) is 1.00. The number of rotatable bonds is 1. The zero-order chi connectivity index (χ0) is 17.5. The highest BCUT2D eigenvalue weighted by atomic mass is 16.5. The summed E-state index contributed by atoms with van der Waals surface area (Å²) in [7, 11) is 0. The Bertz CT molecular complexity index is 445. The third kappa shape index (κ3) is 3.43. The highest BCUT2D eigenvalue weighted by Gasteiger charge is 2.47. The molecule has 0 bridgehead atoms. The van der Waals surface area contributed by atoms with Crippen LogP contribution >= 0.6 is 0 Å². The van der Waals surface area contributed by atoms with Gasteiger partial charge in [0.25, 0.3) is 0 Å². The topological polar surface area (TPSA) is 21.3 Å². The summed E-state index contributed by atoms with van der Waals surface area (Å²) in [4.78, 5) is 0. The van der Waals surface area contributed by atoms with Crippen LogP contribution in [-0.2, 0) is 4.74 Å². The van der Waals surface area contributed by atoms with E-state index in [-0.39, 0.29) is 0 Å². The predicted molar refractivity (Wildman–Crippen MR) is 105 cm³/mol. The lowest BCUT2D eigenvalue weighted by Gasteiger charge is -2.53. The fourth-order valence-electron chi connectivity index (χ4n) is 6.97. The number of hydrogen-bond donors (Lipinski definition) is 1. The Balaban J connectivity index is 1.33. The van der Waals surface area contributed by atoms with Crippen molar-refractivity contribution in [3.8, 4) is 0 Å². The Labute approximate surface area is 155 Å². The summed E-state index contributed by atoms with van der Waals surface area (Å²) in [5.41, 5.74) is 1.12. The quantitative estimate of drug-likeness (QED) is 0.684. The third-order valence-corrected chi connectivity index (χ3v) is 9.33. The molecule has 0 radical (unpaired) electrons. The first-order chi connectivity index (χ1) is 12.0. The largest absolute Gasteiger partial charge is 0.381 e. The van der Waals surface area contributed by atoms with Crippen LogP contribution in [0.2, 0.25) is 0 Å². The van der Waals surface area contributed by atoms with E-state index in [1.54, 1.807) is 0 Å². The van der Waals surface area contributed by atoms with E-state index in [1.165, 1.54) is 70.8 Å². The molecular weight excluding hydrogens is 306 g/mol. The predicted octanol–water partition coefficient (Wildman–Crippen LogP) is 5.41. The highest BCUT2D eigenvalue weighted by molar-refractivity contribution is 5.02. The van der Waals surface area contributed by atoms with Crippen molar-refractivity contribution in [2.45, 2.75) is 90.5 Å². The van der Waals surface area contributed by atoms with Gasteiger partial charge in [-0.05, 0) is 106 Å². The van der Waals surface area contributed by atoms with E-state index in [1.807, 2.05) is 0 Å². The van der Waals surface area contributed by atoms with Crippen LogP contribution < -0.4 is 5.32 Å². The second kappa shape index (κ2) is 7.15. The Kier molecular flexibility index (Phi) is 5.23. The summed E-state index contributed by atoms with van der Waals surface area (Å²) in [5, 5.41) is 4.11. The second-order valence-electron chi connectivity index (χ2n) is 10.5. The summed E-state index contributed by atoms with van der Waals surface area (Å²) in [6.45, 7) is 10.8. The van der Waals surface area contributed by atoms with Crippen LogP contribution in [0, 0.1) is 35.0 Å². The zero-order valence-corrected chi connectivity index (χ0v) is 17.0. The minimum absolute atomic E-state index is 0.494. The standard InChI is InChI=1S/C23H41NO/c1-17-4-10-23(11-5-17)18(2)14-21(15-24-23)20-6-8-22(9-7-20)12-13-25-16-19(22)3/h17-21,24H,4-16H2,1-3H3/t17?,18-,19-,20?,21+,22?,23?/m0/s1. The molecule has 2 heterocycles. The van der Waals surface area contributed by atoms with Crippen LogP contribution in [0.3, 0.4) is 0 Å². The first kappa shape index (κ1) is 18.3.